The Morgan fingerprint density at radius 1 is 1.00 bits per heavy atom. The lowest BCUT2D eigenvalue weighted by Crippen LogP contribution is -2.42. The van der Waals surface area contributed by atoms with Crippen LogP contribution in [0.4, 0.5) is 5.69 Å². The molecule has 0 saturated carbocycles. The predicted molar refractivity (Wildman–Crippen MR) is 146 cm³/mol. The van der Waals surface area contributed by atoms with Crippen molar-refractivity contribution in [3.8, 4) is 17.2 Å². The molecule has 4 aliphatic heterocycles. The van der Waals surface area contributed by atoms with Gasteiger partial charge in [-0.1, -0.05) is 37.3 Å². The molecule has 200 valence electrons. The molecule has 3 aromatic rings. The van der Waals surface area contributed by atoms with Gasteiger partial charge in [-0.3, -0.25) is 14.5 Å². The second-order valence-electron chi connectivity index (χ2n) is 10.6. The van der Waals surface area contributed by atoms with Gasteiger partial charge in [-0.2, -0.15) is 0 Å². The van der Waals surface area contributed by atoms with Crippen molar-refractivity contribution in [2.24, 2.45) is 0 Å². The van der Waals surface area contributed by atoms with Crippen LogP contribution in [0.1, 0.15) is 46.8 Å². The van der Waals surface area contributed by atoms with Crippen molar-refractivity contribution in [3.05, 3.63) is 82.9 Å². The van der Waals surface area contributed by atoms with E-state index in [1.165, 1.54) is 6.42 Å². The number of hydrogen-bond donors (Lipinski definition) is 1. The van der Waals surface area contributed by atoms with Gasteiger partial charge in [0.1, 0.15) is 17.8 Å². The highest BCUT2D eigenvalue weighted by Gasteiger charge is 2.57. The number of likely N-dealkylation sites (N-methyl/N-ethyl adjacent to an activating group) is 1. The Balaban J connectivity index is 1.11. The second-order valence-corrected chi connectivity index (χ2v) is 10.6. The summed E-state index contributed by atoms with van der Waals surface area (Å²) in [5.74, 6) is 1.83. The molecule has 2 atom stereocenters. The number of fused-ring (bicyclic) bond motifs is 5. The van der Waals surface area contributed by atoms with Gasteiger partial charge in [0.05, 0.1) is 6.54 Å². The average molecular weight is 526 g/mol. The SMILES string of the molecule is CCN1CCCC1CNC(=O)c1ccc(CN2C(=O)C3(COc4cc5c(cc43)OCO5)c3ccccc32)cc1. The fourth-order valence-electron chi connectivity index (χ4n) is 6.52. The number of nitrogens with zero attached hydrogens (tertiary/aromatic N) is 2. The number of anilines is 1. The molecule has 0 bridgehead atoms. The Morgan fingerprint density at radius 2 is 1.79 bits per heavy atom. The summed E-state index contributed by atoms with van der Waals surface area (Å²) in [4.78, 5) is 31.3. The lowest BCUT2D eigenvalue weighted by molar-refractivity contribution is -0.122. The van der Waals surface area contributed by atoms with Crippen LogP contribution in [0, 0.1) is 0 Å². The third-order valence-corrected chi connectivity index (χ3v) is 8.60. The van der Waals surface area contributed by atoms with Crippen molar-refractivity contribution in [2.45, 2.75) is 37.8 Å². The van der Waals surface area contributed by atoms with Crippen LogP contribution in [0.2, 0.25) is 0 Å². The van der Waals surface area contributed by atoms with Gasteiger partial charge < -0.3 is 24.4 Å². The topological polar surface area (TPSA) is 80.3 Å². The summed E-state index contributed by atoms with van der Waals surface area (Å²) >= 11 is 0. The summed E-state index contributed by atoms with van der Waals surface area (Å²) in [5, 5.41) is 3.10. The molecule has 8 heteroatoms. The molecule has 4 heterocycles. The van der Waals surface area contributed by atoms with Crippen LogP contribution in [0.3, 0.4) is 0 Å². The lowest BCUT2D eigenvalue weighted by atomic mass is 9.77. The summed E-state index contributed by atoms with van der Waals surface area (Å²) in [7, 11) is 0. The predicted octanol–water partition coefficient (Wildman–Crippen LogP) is 3.85. The summed E-state index contributed by atoms with van der Waals surface area (Å²) in [6, 6.07) is 19.6. The van der Waals surface area contributed by atoms with Crippen molar-refractivity contribution >= 4 is 17.5 Å². The highest BCUT2D eigenvalue weighted by molar-refractivity contribution is 6.11. The van der Waals surface area contributed by atoms with Gasteiger partial charge in [0.25, 0.3) is 5.91 Å². The number of benzene rings is 3. The molecule has 39 heavy (non-hydrogen) atoms. The fourth-order valence-corrected chi connectivity index (χ4v) is 6.52. The van der Waals surface area contributed by atoms with E-state index < -0.39 is 5.41 Å². The van der Waals surface area contributed by atoms with E-state index in [9.17, 15) is 9.59 Å². The van der Waals surface area contributed by atoms with Crippen LogP contribution in [0.25, 0.3) is 0 Å². The zero-order valence-corrected chi connectivity index (χ0v) is 21.9. The highest BCUT2D eigenvalue weighted by atomic mass is 16.7. The second kappa shape index (κ2) is 9.31. The molecule has 1 spiro atoms. The van der Waals surface area contributed by atoms with E-state index in [1.807, 2.05) is 65.6 Å². The largest absolute Gasteiger partial charge is 0.491 e. The van der Waals surface area contributed by atoms with Crippen molar-refractivity contribution in [1.82, 2.24) is 10.2 Å². The first kappa shape index (κ1) is 24.0. The number of likely N-dealkylation sites (tertiary alicyclic amines) is 1. The van der Waals surface area contributed by atoms with Crippen molar-refractivity contribution in [3.63, 3.8) is 0 Å². The zero-order valence-electron chi connectivity index (χ0n) is 21.9. The van der Waals surface area contributed by atoms with E-state index in [2.05, 4.69) is 17.1 Å². The van der Waals surface area contributed by atoms with Gasteiger partial charge >= 0.3 is 0 Å². The fraction of sp³-hybridized carbons (Fsp3) is 0.355. The average Bonchev–Trinajstić information content (AvgIpc) is 3.75. The molecule has 0 aliphatic carbocycles. The summed E-state index contributed by atoms with van der Waals surface area (Å²) in [6.07, 6.45) is 2.31. The normalized spacial score (nSPS) is 22.7. The number of rotatable bonds is 6. The van der Waals surface area contributed by atoms with Crippen LogP contribution in [0.5, 0.6) is 17.2 Å². The summed E-state index contributed by atoms with van der Waals surface area (Å²) < 4.78 is 17.2. The molecule has 0 aromatic heterocycles. The minimum absolute atomic E-state index is 0.0276. The summed E-state index contributed by atoms with van der Waals surface area (Å²) in [6.45, 7) is 5.73. The molecule has 0 radical (unpaired) electrons. The van der Waals surface area contributed by atoms with Gasteiger partial charge in [-0.05, 0) is 61.3 Å². The van der Waals surface area contributed by atoms with Crippen molar-refractivity contribution < 1.29 is 23.8 Å². The van der Waals surface area contributed by atoms with E-state index in [-0.39, 0.29) is 25.2 Å². The third kappa shape index (κ3) is 3.77. The molecule has 8 nitrogen and oxygen atoms in total. The maximum atomic E-state index is 14.2. The van der Waals surface area contributed by atoms with Crippen LogP contribution in [-0.2, 0) is 16.8 Å². The van der Waals surface area contributed by atoms with E-state index in [1.54, 1.807) is 0 Å². The first-order valence-corrected chi connectivity index (χ1v) is 13.7. The monoisotopic (exact) mass is 525 g/mol. The molecule has 7 rings (SSSR count). The number of nitrogens with one attached hydrogen (secondary N) is 1. The number of hydrogen-bond acceptors (Lipinski definition) is 6. The minimum atomic E-state index is -0.931. The Morgan fingerprint density at radius 3 is 2.62 bits per heavy atom. The van der Waals surface area contributed by atoms with Gasteiger partial charge in [0.2, 0.25) is 12.7 Å². The molecule has 1 saturated heterocycles. The summed E-state index contributed by atoms with van der Waals surface area (Å²) in [5.41, 5.74) is 3.25. The first-order chi connectivity index (χ1) is 19.1. The number of carbonyl (C=O) groups excluding carboxylic acids is 2. The molecular weight excluding hydrogens is 494 g/mol. The molecule has 1 N–H and O–H groups in total. The number of amides is 2. The van der Waals surface area contributed by atoms with Crippen molar-refractivity contribution in [1.29, 1.82) is 0 Å². The zero-order chi connectivity index (χ0) is 26.6. The molecule has 2 unspecified atom stereocenters. The molecule has 2 amide bonds. The smallest absolute Gasteiger partial charge is 0.251 e. The maximum Gasteiger partial charge on any atom is 0.251 e. The number of carbonyl (C=O) groups is 2. The third-order valence-electron chi connectivity index (χ3n) is 8.60. The van der Waals surface area contributed by atoms with Gasteiger partial charge in [-0.15, -0.1) is 0 Å². The first-order valence-electron chi connectivity index (χ1n) is 13.7. The maximum absolute atomic E-state index is 14.2. The Labute approximate surface area is 227 Å². The molecule has 1 fully saturated rings. The Kier molecular flexibility index (Phi) is 5.74. The lowest BCUT2D eigenvalue weighted by Gasteiger charge is -2.23. The van der Waals surface area contributed by atoms with Crippen molar-refractivity contribution in [2.75, 3.05) is 37.9 Å². The molecule has 3 aromatic carbocycles. The van der Waals surface area contributed by atoms with E-state index in [0.717, 1.165) is 41.9 Å². The minimum Gasteiger partial charge on any atom is -0.491 e. The highest BCUT2D eigenvalue weighted by Crippen LogP contribution is 2.55. The van der Waals surface area contributed by atoms with E-state index >= 15 is 0 Å². The van der Waals surface area contributed by atoms with Gasteiger partial charge in [0.15, 0.2) is 11.5 Å². The van der Waals surface area contributed by atoms with Crippen LogP contribution < -0.4 is 24.4 Å². The number of ether oxygens (including phenoxy) is 3. The standard InChI is InChI=1S/C31H31N3O5/c1-2-33-13-5-6-22(33)16-32-29(35)21-11-9-20(10-12-21)17-34-25-8-4-3-7-23(25)31(30(34)36)18-37-26-15-28-27(14-24(26)31)38-19-39-28/h3-4,7-12,14-15,22H,2,5-6,13,16-19H2,1H3,(H,32,35). The quantitative estimate of drug-likeness (QED) is 0.527. The molecular formula is C31H31N3O5. The van der Waals surface area contributed by atoms with E-state index in [0.29, 0.717) is 41.9 Å². The molecule has 4 aliphatic rings. The van der Waals surface area contributed by atoms with Crippen LogP contribution in [-0.4, -0.2) is 55.8 Å². The van der Waals surface area contributed by atoms with Gasteiger partial charge in [0, 0.05) is 35.5 Å². The Hall–Kier alpha value is -4.04. The Bertz CT molecular complexity index is 1460. The van der Waals surface area contributed by atoms with Gasteiger partial charge in [-0.25, -0.2) is 0 Å². The number of para-hydroxylation sites is 1. The van der Waals surface area contributed by atoms with E-state index in [4.69, 9.17) is 14.2 Å². The van der Waals surface area contributed by atoms with Crippen LogP contribution in [0.15, 0.2) is 60.7 Å². The van der Waals surface area contributed by atoms with Crippen LogP contribution >= 0.6 is 0 Å².